The maximum absolute atomic E-state index is 12.9. The normalized spacial score (nSPS) is 19.3. The Balaban J connectivity index is 2.03. The summed E-state index contributed by atoms with van der Waals surface area (Å²) in [4.78, 5) is 35.2. The highest BCUT2D eigenvalue weighted by Crippen LogP contribution is 2.30. The molecule has 0 aromatic heterocycles. The number of amides is 1. The number of benzene rings is 1. The summed E-state index contributed by atoms with van der Waals surface area (Å²) in [5, 5.41) is 13.2. The molecule has 0 heterocycles. The molecule has 6 nitrogen and oxygen atoms in total. The molecule has 1 aromatic rings. The van der Waals surface area contributed by atoms with Crippen LogP contribution in [-0.4, -0.2) is 36.8 Å². The number of aromatic carboxylic acids is 1. The first-order valence-corrected chi connectivity index (χ1v) is 8.21. The number of carboxylic acids is 1. The van der Waals surface area contributed by atoms with Gasteiger partial charge in [0.2, 0.25) is 5.91 Å². The highest BCUT2D eigenvalue weighted by atomic mass is 19.3. The van der Waals surface area contributed by atoms with Crippen LogP contribution in [0.15, 0.2) is 36.4 Å². The molecule has 0 aliphatic heterocycles. The molecular formula is C18H16F4NO5-. The van der Waals surface area contributed by atoms with Crippen LogP contribution in [0.25, 0.3) is 0 Å². The van der Waals surface area contributed by atoms with Crippen molar-refractivity contribution >= 4 is 23.5 Å². The first-order chi connectivity index (χ1) is 13.1. The Hall–Kier alpha value is -2.91. The Kier molecular flexibility index (Phi) is 6.76. The highest BCUT2D eigenvalue weighted by Gasteiger charge is 2.43. The zero-order valence-electron chi connectivity index (χ0n) is 14.4. The first kappa shape index (κ1) is 21.4. The average molecular weight is 402 g/mol. The Morgan fingerprint density at radius 3 is 2.21 bits per heavy atom. The fourth-order valence-electron chi connectivity index (χ4n) is 2.63. The van der Waals surface area contributed by atoms with Crippen LogP contribution >= 0.6 is 0 Å². The van der Waals surface area contributed by atoms with Crippen molar-refractivity contribution in [2.75, 3.05) is 11.9 Å². The van der Waals surface area contributed by atoms with E-state index in [0.29, 0.717) is 0 Å². The van der Waals surface area contributed by atoms with Gasteiger partial charge in [0.05, 0.1) is 17.8 Å². The molecule has 1 amide bonds. The zero-order valence-corrected chi connectivity index (χ0v) is 14.4. The Labute approximate surface area is 157 Å². The fourth-order valence-corrected chi connectivity index (χ4v) is 2.63. The summed E-state index contributed by atoms with van der Waals surface area (Å²) in [6, 6.07) is 5.06. The molecule has 0 spiro atoms. The number of rotatable bonds is 7. The first-order valence-electron chi connectivity index (χ1n) is 8.21. The molecule has 2 atom stereocenters. The van der Waals surface area contributed by atoms with Gasteiger partial charge in [0.25, 0.3) is 0 Å². The largest absolute Gasteiger partial charge is 0.545 e. The second-order valence-corrected chi connectivity index (χ2v) is 6.18. The van der Waals surface area contributed by atoms with Crippen LogP contribution in [0.2, 0.25) is 0 Å². The molecule has 0 bridgehead atoms. The Morgan fingerprint density at radius 1 is 1.11 bits per heavy atom. The van der Waals surface area contributed by atoms with Gasteiger partial charge in [-0.15, -0.1) is 0 Å². The van der Waals surface area contributed by atoms with Crippen molar-refractivity contribution in [1.82, 2.24) is 0 Å². The van der Waals surface area contributed by atoms with Crippen LogP contribution in [0.1, 0.15) is 23.2 Å². The lowest BCUT2D eigenvalue weighted by atomic mass is 9.82. The van der Waals surface area contributed by atoms with Gasteiger partial charge in [-0.1, -0.05) is 24.3 Å². The van der Waals surface area contributed by atoms with Gasteiger partial charge in [-0.25, -0.2) is 8.78 Å². The number of hydrogen-bond donors (Lipinski definition) is 1. The molecule has 1 aliphatic rings. The monoisotopic (exact) mass is 402 g/mol. The molecule has 10 heteroatoms. The number of allylic oxidation sites excluding steroid dienone is 2. The number of nitrogens with one attached hydrogen (secondary N) is 1. The number of esters is 1. The summed E-state index contributed by atoms with van der Waals surface area (Å²) < 4.78 is 54.6. The van der Waals surface area contributed by atoms with E-state index in [-0.39, 0.29) is 24.1 Å². The van der Waals surface area contributed by atoms with E-state index in [1.165, 1.54) is 24.3 Å². The summed E-state index contributed by atoms with van der Waals surface area (Å²) in [6.45, 7) is -1.78. The van der Waals surface area contributed by atoms with Gasteiger partial charge < -0.3 is 20.0 Å². The van der Waals surface area contributed by atoms with E-state index in [9.17, 15) is 37.1 Å². The topological polar surface area (TPSA) is 95.5 Å². The van der Waals surface area contributed by atoms with Crippen LogP contribution in [0.4, 0.5) is 23.2 Å². The van der Waals surface area contributed by atoms with Gasteiger partial charge in [-0.05, 0) is 30.5 Å². The van der Waals surface area contributed by atoms with Crippen molar-refractivity contribution in [3.63, 3.8) is 0 Å². The third-order valence-corrected chi connectivity index (χ3v) is 4.19. The summed E-state index contributed by atoms with van der Waals surface area (Å²) in [5.74, 6) is -9.72. The van der Waals surface area contributed by atoms with Crippen LogP contribution < -0.4 is 10.4 Å². The number of hydrogen-bond acceptors (Lipinski definition) is 5. The lowest BCUT2D eigenvalue weighted by molar-refractivity contribution is -0.255. The third-order valence-electron chi connectivity index (χ3n) is 4.19. The smallest absolute Gasteiger partial charge is 0.340 e. The number of carbonyl (C=O) groups excluding carboxylic acids is 3. The van der Waals surface area contributed by atoms with Crippen LogP contribution in [0, 0.1) is 11.8 Å². The molecule has 1 N–H and O–H groups in total. The molecule has 28 heavy (non-hydrogen) atoms. The maximum Gasteiger partial charge on any atom is 0.340 e. The molecule has 152 valence electrons. The zero-order chi connectivity index (χ0) is 20.9. The Bertz CT molecular complexity index is 764. The molecule has 1 aliphatic carbocycles. The van der Waals surface area contributed by atoms with E-state index < -0.39 is 48.6 Å². The van der Waals surface area contributed by atoms with Gasteiger partial charge in [0.15, 0.2) is 6.61 Å². The molecule has 2 rings (SSSR count). The summed E-state index contributed by atoms with van der Waals surface area (Å²) in [7, 11) is 0. The Morgan fingerprint density at radius 2 is 1.68 bits per heavy atom. The highest BCUT2D eigenvalue weighted by molar-refractivity contribution is 5.96. The van der Waals surface area contributed by atoms with Crippen LogP contribution in [0.5, 0.6) is 0 Å². The lowest BCUT2D eigenvalue weighted by Gasteiger charge is -2.26. The standard InChI is InChI=1S/C18H17F4NO5/c19-17(20)18(21,22)9-28-16(27)13-4-2-1-3-12(13)14(24)23-11-7-5-10(6-8-11)15(25)26/h1-2,5-8,12-13,17H,3-4,9H2,(H,23,24)(H,25,26)/p-1/t12-,13-/m1/s1. The van der Waals surface area contributed by atoms with E-state index in [2.05, 4.69) is 10.1 Å². The number of halogens is 4. The van der Waals surface area contributed by atoms with Gasteiger partial charge in [0.1, 0.15) is 0 Å². The summed E-state index contributed by atoms with van der Waals surface area (Å²) >= 11 is 0. The maximum atomic E-state index is 12.9. The number of anilines is 1. The second-order valence-electron chi connectivity index (χ2n) is 6.18. The van der Waals surface area contributed by atoms with E-state index in [1.54, 1.807) is 12.2 Å². The van der Waals surface area contributed by atoms with Gasteiger partial charge >= 0.3 is 18.3 Å². The van der Waals surface area contributed by atoms with Crippen LogP contribution in [-0.2, 0) is 14.3 Å². The van der Waals surface area contributed by atoms with Crippen molar-refractivity contribution < 1.29 is 41.8 Å². The fraction of sp³-hybridized carbons (Fsp3) is 0.389. The summed E-state index contributed by atoms with van der Waals surface area (Å²) in [5.41, 5.74) is 0.154. The van der Waals surface area contributed by atoms with E-state index in [1.807, 2.05) is 0 Å². The molecule has 0 saturated carbocycles. The molecule has 0 unspecified atom stereocenters. The second kappa shape index (κ2) is 8.85. The van der Waals surface area contributed by atoms with Gasteiger partial charge in [0, 0.05) is 5.69 Å². The number of alkyl halides is 4. The minimum Gasteiger partial charge on any atom is -0.545 e. The van der Waals surface area contributed by atoms with Crippen molar-refractivity contribution in [3.05, 3.63) is 42.0 Å². The van der Waals surface area contributed by atoms with Crippen molar-refractivity contribution in [2.24, 2.45) is 11.8 Å². The SMILES string of the molecule is O=C([O-])c1ccc(NC(=O)[C@@H]2CC=CC[C@H]2C(=O)OCC(F)(F)C(F)F)cc1. The van der Waals surface area contributed by atoms with Crippen LogP contribution in [0.3, 0.4) is 0 Å². The van der Waals surface area contributed by atoms with E-state index in [4.69, 9.17) is 0 Å². The molecular weight excluding hydrogens is 386 g/mol. The van der Waals surface area contributed by atoms with E-state index >= 15 is 0 Å². The molecule has 1 aromatic carbocycles. The predicted octanol–water partition coefficient (Wildman–Crippen LogP) is 2.01. The van der Waals surface area contributed by atoms with Crippen molar-refractivity contribution in [2.45, 2.75) is 25.2 Å². The minimum atomic E-state index is -4.47. The molecule has 0 fully saturated rings. The molecule has 0 saturated heterocycles. The van der Waals surface area contributed by atoms with Crippen molar-refractivity contribution in [1.29, 1.82) is 0 Å². The van der Waals surface area contributed by atoms with Crippen molar-refractivity contribution in [3.8, 4) is 0 Å². The van der Waals surface area contributed by atoms with E-state index in [0.717, 1.165) is 0 Å². The lowest BCUT2D eigenvalue weighted by Crippen LogP contribution is -2.39. The third kappa shape index (κ3) is 5.30. The quantitative estimate of drug-likeness (QED) is 0.428. The van der Waals surface area contributed by atoms with Gasteiger partial charge in [-0.2, -0.15) is 8.78 Å². The number of carboxylic acid groups (broad SMARTS) is 1. The van der Waals surface area contributed by atoms with Gasteiger partial charge in [-0.3, -0.25) is 9.59 Å². The summed E-state index contributed by atoms with van der Waals surface area (Å²) in [6.07, 6.45) is -0.639. The minimum absolute atomic E-state index is 0.0286. The number of carbonyl (C=O) groups is 3. The number of ether oxygens (including phenoxy) is 1. The molecule has 0 radical (unpaired) electrons. The average Bonchev–Trinajstić information content (AvgIpc) is 2.66. The predicted molar refractivity (Wildman–Crippen MR) is 86.7 cm³/mol.